The molecule has 0 saturated carbocycles. The molecule has 17 heavy (non-hydrogen) atoms. The van der Waals surface area contributed by atoms with Crippen molar-refractivity contribution in [2.75, 3.05) is 14.1 Å². The van der Waals surface area contributed by atoms with E-state index in [1.807, 2.05) is 0 Å². The van der Waals surface area contributed by atoms with E-state index in [0.29, 0.717) is 11.1 Å². The molecule has 0 aromatic carbocycles. The summed E-state index contributed by atoms with van der Waals surface area (Å²) in [5.41, 5.74) is 0.706. The third-order valence-corrected chi connectivity index (χ3v) is 2.13. The quantitative estimate of drug-likeness (QED) is 0.443. The van der Waals surface area contributed by atoms with Crippen LogP contribution in [0.25, 0.3) is 0 Å². The molecule has 0 heterocycles. The third kappa shape index (κ3) is 5.87. The molecule has 0 spiro atoms. The summed E-state index contributed by atoms with van der Waals surface area (Å²) in [5, 5.41) is 2.45. The summed E-state index contributed by atoms with van der Waals surface area (Å²) in [4.78, 5) is 24.5. The zero-order valence-corrected chi connectivity index (χ0v) is 11.0. The highest BCUT2D eigenvalue weighted by molar-refractivity contribution is 5.94. The Kier molecular flexibility index (Phi) is 6.20. The lowest BCUT2D eigenvalue weighted by atomic mass is 10.3. The number of nitrogens with zero attached hydrogens (tertiary/aromatic N) is 1. The molecular weight excluding hydrogens is 220 g/mol. The number of ether oxygens (including phenoxy) is 1. The highest BCUT2D eigenvalue weighted by Gasteiger charge is 2.12. The molecule has 0 aromatic rings. The van der Waals surface area contributed by atoms with Crippen molar-refractivity contribution in [3.8, 4) is 0 Å². The van der Waals surface area contributed by atoms with Gasteiger partial charge in [-0.05, 0) is 34.9 Å². The van der Waals surface area contributed by atoms with Crippen LogP contribution in [0.1, 0.15) is 20.8 Å². The fourth-order valence-electron chi connectivity index (χ4n) is 0.709. The topological polar surface area (TPSA) is 58.6 Å². The molecule has 0 aromatic heterocycles. The zero-order chi connectivity index (χ0) is 13.6. The van der Waals surface area contributed by atoms with Crippen molar-refractivity contribution in [3.05, 3.63) is 23.9 Å². The third-order valence-electron chi connectivity index (χ3n) is 2.13. The number of esters is 1. The van der Waals surface area contributed by atoms with E-state index in [4.69, 9.17) is 4.74 Å². The first-order valence-corrected chi connectivity index (χ1v) is 5.26. The zero-order valence-electron chi connectivity index (χ0n) is 11.0. The van der Waals surface area contributed by atoms with E-state index in [-0.39, 0.29) is 12.1 Å². The molecule has 1 amide bonds. The molecule has 0 aliphatic rings. The lowest BCUT2D eigenvalue weighted by Gasteiger charge is -2.19. The molecule has 0 aliphatic heterocycles. The van der Waals surface area contributed by atoms with Crippen molar-refractivity contribution >= 4 is 11.9 Å². The van der Waals surface area contributed by atoms with Crippen molar-refractivity contribution in [3.63, 3.8) is 0 Å². The van der Waals surface area contributed by atoms with Gasteiger partial charge in [-0.1, -0.05) is 6.58 Å². The summed E-state index contributed by atoms with van der Waals surface area (Å²) in [7, 11) is 3.61. The van der Waals surface area contributed by atoms with Crippen LogP contribution >= 0.6 is 0 Å². The summed E-state index contributed by atoms with van der Waals surface area (Å²) in [5.74, 6) is -0.786. The minimum atomic E-state index is -0.465. The summed E-state index contributed by atoms with van der Waals surface area (Å²) in [6.07, 6.45) is 1.00. The van der Waals surface area contributed by atoms with E-state index in [0.717, 1.165) is 0 Å². The van der Waals surface area contributed by atoms with Crippen molar-refractivity contribution in [2.24, 2.45) is 0 Å². The molecule has 96 valence electrons. The average Bonchev–Trinajstić information content (AvgIpc) is 2.24. The lowest BCUT2D eigenvalue weighted by Crippen LogP contribution is -2.30. The molecule has 0 bridgehead atoms. The number of carbonyl (C=O) groups is 2. The van der Waals surface area contributed by atoms with Crippen LogP contribution in [0.15, 0.2) is 23.9 Å². The highest BCUT2D eigenvalue weighted by atomic mass is 16.6. The predicted molar refractivity (Wildman–Crippen MR) is 66.0 cm³/mol. The molecular formula is C12H20N2O3. The first-order valence-electron chi connectivity index (χ1n) is 5.26. The second kappa shape index (κ2) is 6.85. The Balaban J connectivity index is 4.35. The van der Waals surface area contributed by atoms with Gasteiger partial charge in [0, 0.05) is 11.8 Å². The van der Waals surface area contributed by atoms with Gasteiger partial charge in [0.1, 0.15) is 0 Å². The Morgan fingerprint density at radius 3 is 2.29 bits per heavy atom. The first-order chi connectivity index (χ1) is 7.75. The van der Waals surface area contributed by atoms with Gasteiger partial charge in [-0.15, -0.1) is 0 Å². The van der Waals surface area contributed by atoms with Crippen molar-refractivity contribution < 1.29 is 14.3 Å². The SMILES string of the molecule is C=C(C)C(=O)NC=C(C)C(=O)OC(C)N(C)C. The van der Waals surface area contributed by atoms with Gasteiger partial charge in [0.05, 0.1) is 5.57 Å². The number of hydrogen-bond donors (Lipinski definition) is 1. The average molecular weight is 240 g/mol. The van der Waals surface area contributed by atoms with Crippen LogP contribution in [0, 0.1) is 0 Å². The van der Waals surface area contributed by atoms with Crippen molar-refractivity contribution in [1.29, 1.82) is 0 Å². The Morgan fingerprint density at radius 1 is 1.35 bits per heavy atom. The standard InChI is InChI=1S/C12H20N2O3/c1-8(2)11(15)13-7-9(3)12(16)17-10(4)14(5)6/h7,10H,1H2,2-6H3,(H,13,15). The maximum absolute atomic E-state index is 11.5. The molecule has 0 aliphatic carbocycles. The van der Waals surface area contributed by atoms with Gasteiger partial charge in [0.15, 0.2) is 6.23 Å². The molecule has 0 radical (unpaired) electrons. The van der Waals surface area contributed by atoms with Gasteiger partial charge in [0.25, 0.3) is 0 Å². The van der Waals surface area contributed by atoms with Crippen LogP contribution in [-0.2, 0) is 14.3 Å². The highest BCUT2D eigenvalue weighted by Crippen LogP contribution is 2.01. The molecule has 1 atom stereocenters. The number of nitrogens with one attached hydrogen (secondary N) is 1. The fraction of sp³-hybridized carbons (Fsp3) is 0.500. The van der Waals surface area contributed by atoms with Crippen LogP contribution in [-0.4, -0.2) is 37.1 Å². The predicted octanol–water partition coefficient (Wildman–Crippen LogP) is 1.03. The van der Waals surface area contributed by atoms with Gasteiger partial charge >= 0.3 is 5.97 Å². The summed E-state index contributed by atoms with van der Waals surface area (Å²) >= 11 is 0. The molecule has 5 heteroatoms. The molecule has 0 fully saturated rings. The fourth-order valence-corrected chi connectivity index (χ4v) is 0.709. The van der Waals surface area contributed by atoms with Gasteiger partial charge in [0.2, 0.25) is 5.91 Å². The number of rotatable bonds is 5. The summed E-state index contributed by atoms with van der Waals surface area (Å²) < 4.78 is 5.11. The Bertz CT molecular complexity index is 346. The Labute approximate surface area is 102 Å². The molecule has 0 rings (SSSR count). The van der Waals surface area contributed by atoms with E-state index in [1.165, 1.54) is 6.20 Å². The van der Waals surface area contributed by atoms with Crippen molar-refractivity contribution in [1.82, 2.24) is 10.2 Å². The van der Waals surface area contributed by atoms with Crippen LogP contribution in [0.5, 0.6) is 0 Å². The van der Waals surface area contributed by atoms with Crippen LogP contribution in [0.2, 0.25) is 0 Å². The summed E-state index contributed by atoms with van der Waals surface area (Å²) in [6, 6.07) is 0. The van der Waals surface area contributed by atoms with E-state index in [1.54, 1.807) is 39.8 Å². The van der Waals surface area contributed by atoms with E-state index >= 15 is 0 Å². The monoisotopic (exact) mass is 240 g/mol. The van der Waals surface area contributed by atoms with Gasteiger partial charge in [-0.2, -0.15) is 0 Å². The van der Waals surface area contributed by atoms with E-state index in [2.05, 4.69) is 11.9 Å². The smallest absolute Gasteiger partial charge is 0.336 e. The first kappa shape index (κ1) is 15.4. The van der Waals surface area contributed by atoms with Crippen LogP contribution in [0.4, 0.5) is 0 Å². The Hall–Kier alpha value is -1.62. The second-order valence-electron chi connectivity index (χ2n) is 4.05. The van der Waals surface area contributed by atoms with Gasteiger partial charge < -0.3 is 10.1 Å². The summed E-state index contributed by atoms with van der Waals surface area (Å²) in [6.45, 7) is 8.41. The molecule has 5 nitrogen and oxygen atoms in total. The lowest BCUT2D eigenvalue weighted by molar-refractivity contribution is -0.150. The minimum Gasteiger partial charge on any atom is -0.443 e. The van der Waals surface area contributed by atoms with Crippen LogP contribution < -0.4 is 5.32 Å². The Morgan fingerprint density at radius 2 is 1.88 bits per heavy atom. The van der Waals surface area contributed by atoms with Crippen molar-refractivity contribution in [2.45, 2.75) is 27.0 Å². The van der Waals surface area contributed by atoms with Gasteiger partial charge in [-0.25, -0.2) is 4.79 Å². The maximum atomic E-state index is 11.5. The van der Waals surface area contributed by atoms with E-state index in [9.17, 15) is 9.59 Å². The minimum absolute atomic E-state index is 0.317. The normalized spacial score (nSPS) is 13.2. The van der Waals surface area contributed by atoms with Crippen LogP contribution in [0.3, 0.4) is 0 Å². The molecule has 0 saturated heterocycles. The number of hydrogen-bond acceptors (Lipinski definition) is 4. The molecule has 1 N–H and O–H groups in total. The van der Waals surface area contributed by atoms with E-state index < -0.39 is 5.97 Å². The maximum Gasteiger partial charge on any atom is 0.336 e. The molecule has 1 unspecified atom stereocenters. The largest absolute Gasteiger partial charge is 0.443 e. The number of amides is 1. The van der Waals surface area contributed by atoms with Gasteiger partial charge in [-0.3, -0.25) is 9.69 Å². The number of carbonyl (C=O) groups excluding carboxylic acids is 2. The second-order valence-corrected chi connectivity index (χ2v) is 4.05.